The van der Waals surface area contributed by atoms with Gasteiger partial charge in [-0.05, 0) is 13.8 Å². The van der Waals surface area contributed by atoms with Gasteiger partial charge in [-0.3, -0.25) is 0 Å². The van der Waals surface area contributed by atoms with Crippen LogP contribution < -0.4 is 10.6 Å². The lowest BCUT2D eigenvalue weighted by Crippen LogP contribution is -2.32. The third-order valence-corrected chi connectivity index (χ3v) is 2.40. The molecule has 0 amide bonds. The first-order valence-electron chi connectivity index (χ1n) is 6.25. The molecule has 18 heavy (non-hydrogen) atoms. The molecule has 102 valence electrons. The Balaban J connectivity index is 2.54. The van der Waals surface area contributed by atoms with Crippen molar-refractivity contribution < 1.29 is 9.47 Å². The fourth-order valence-electron chi connectivity index (χ4n) is 1.47. The first-order valence-corrected chi connectivity index (χ1v) is 6.25. The molecule has 0 saturated carbocycles. The molecule has 6 nitrogen and oxygen atoms in total. The molecule has 6 heteroatoms. The van der Waals surface area contributed by atoms with Gasteiger partial charge < -0.3 is 20.1 Å². The maximum atomic E-state index is 5.53. The van der Waals surface area contributed by atoms with Crippen LogP contribution >= 0.6 is 0 Å². The Morgan fingerprint density at radius 1 is 1.06 bits per heavy atom. The largest absolute Gasteiger partial charge is 0.382 e. The topological polar surface area (TPSA) is 73.5 Å². The molecule has 1 rings (SSSR count). The van der Waals surface area contributed by atoms with E-state index >= 15 is 0 Å². The lowest BCUT2D eigenvalue weighted by molar-refractivity contribution is 0.141. The Labute approximate surface area is 108 Å². The number of rotatable bonds is 9. The maximum absolute atomic E-state index is 5.53. The quantitative estimate of drug-likeness (QED) is 0.661. The maximum Gasteiger partial charge on any atom is 0.147 e. The molecule has 0 bridgehead atoms. The molecular formula is C12H22N4O2. The van der Waals surface area contributed by atoms with Gasteiger partial charge in [0.15, 0.2) is 0 Å². The van der Waals surface area contributed by atoms with Crippen LogP contribution in [-0.4, -0.2) is 49.5 Å². The van der Waals surface area contributed by atoms with Gasteiger partial charge in [0.1, 0.15) is 11.6 Å². The Kier molecular flexibility index (Phi) is 7.05. The van der Waals surface area contributed by atoms with Crippen LogP contribution in [0.5, 0.6) is 0 Å². The van der Waals surface area contributed by atoms with Gasteiger partial charge in [-0.15, -0.1) is 0 Å². The summed E-state index contributed by atoms with van der Waals surface area (Å²) in [6, 6.07) is 0. The molecule has 1 heterocycles. The van der Waals surface area contributed by atoms with Gasteiger partial charge in [0.25, 0.3) is 0 Å². The predicted molar refractivity (Wildman–Crippen MR) is 71.6 cm³/mol. The number of ether oxygens (including phenoxy) is 2. The van der Waals surface area contributed by atoms with Crippen LogP contribution in [0.3, 0.4) is 0 Å². The van der Waals surface area contributed by atoms with E-state index in [0.29, 0.717) is 32.2 Å². The van der Waals surface area contributed by atoms with Crippen molar-refractivity contribution in [1.29, 1.82) is 0 Å². The number of hydrogen-bond acceptors (Lipinski definition) is 6. The number of aromatic nitrogens is 2. The zero-order valence-corrected chi connectivity index (χ0v) is 11.1. The summed E-state index contributed by atoms with van der Waals surface area (Å²) in [7, 11) is 0. The van der Waals surface area contributed by atoms with Gasteiger partial charge >= 0.3 is 0 Å². The van der Waals surface area contributed by atoms with Crippen molar-refractivity contribution in [2.24, 2.45) is 0 Å². The molecule has 2 N–H and O–H groups in total. The van der Waals surface area contributed by atoms with Crippen molar-refractivity contribution in [3.63, 3.8) is 0 Å². The Bertz CT molecular complexity index is 308. The molecule has 0 atom stereocenters. The standard InChI is InChI=1S/C12H22N4O2/c1-3-17-7-5-16(6-8-18-4-2)12-10-14-11(13)9-15-12/h9-10H,3-8H2,1-2H3,(H2,13,14). The van der Waals surface area contributed by atoms with Gasteiger partial charge in [-0.25, -0.2) is 9.97 Å². The van der Waals surface area contributed by atoms with E-state index in [4.69, 9.17) is 15.2 Å². The summed E-state index contributed by atoms with van der Waals surface area (Å²) in [4.78, 5) is 10.4. The highest BCUT2D eigenvalue weighted by molar-refractivity contribution is 5.39. The van der Waals surface area contributed by atoms with Crippen molar-refractivity contribution in [2.45, 2.75) is 13.8 Å². The van der Waals surface area contributed by atoms with E-state index in [-0.39, 0.29) is 0 Å². The Hall–Kier alpha value is -1.40. The van der Waals surface area contributed by atoms with Crippen LogP contribution in [0.1, 0.15) is 13.8 Å². The van der Waals surface area contributed by atoms with E-state index < -0.39 is 0 Å². The van der Waals surface area contributed by atoms with Crippen LogP contribution in [0.4, 0.5) is 11.6 Å². The van der Waals surface area contributed by atoms with Crippen molar-refractivity contribution in [1.82, 2.24) is 9.97 Å². The summed E-state index contributed by atoms with van der Waals surface area (Å²) in [5.41, 5.74) is 5.53. The monoisotopic (exact) mass is 254 g/mol. The van der Waals surface area contributed by atoms with E-state index in [0.717, 1.165) is 18.9 Å². The lowest BCUT2D eigenvalue weighted by Gasteiger charge is -2.23. The molecule has 1 aromatic rings. The van der Waals surface area contributed by atoms with Crippen LogP contribution in [0, 0.1) is 0 Å². The van der Waals surface area contributed by atoms with Crippen LogP contribution in [0.15, 0.2) is 12.4 Å². The first kappa shape index (κ1) is 14.7. The molecule has 1 aromatic heterocycles. The highest BCUT2D eigenvalue weighted by Crippen LogP contribution is 2.09. The smallest absolute Gasteiger partial charge is 0.147 e. The molecule has 0 aliphatic rings. The second-order valence-corrected chi connectivity index (χ2v) is 3.68. The van der Waals surface area contributed by atoms with E-state index in [1.165, 1.54) is 0 Å². The van der Waals surface area contributed by atoms with E-state index in [1.54, 1.807) is 12.4 Å². The van der Waals surface area contributed by atoms with Gasteiger partial charge in [0, 0.05) is 26.3 Å². The average Bonchev–Trinajstić information content (AvgIpc) is 2.38. The molecule has 0 fully saturated rings. The minimum absolute atomic E-state index is 0.424. The second-order valence-electron chi connectivity index (χ2n) is 3.68. The van der Waals surface area contributed by atoms with Crippen molar-refractivity contribution >= 4 is 11.6 Å². The molecule has 0 aliphatic heterocycles. The van der Waals surface area contributed by atoms with Crippen LogP contribution in [-0.2, 0) is 9.47 Å². The minimum atomic E-state index is 0.424. The number of nitrogen functional groups attached to an aromatic ring is 1. The van der Waals surface area contributed by atoms with Crippen LogP contribution in [0.25, 0.3) is 0 Å². The van der Waals surface area contributed by atoms with Gasteiger partial charge in [-0.2, -0.15) is 0 Å². The summed E-state index contributed by atoms with van der Waals surface area (Å²) in [6.07, 6.45) is 3.23. The van der Waals surface area contributed by atoms with E-state index in [1.807, 2.05) is 13.8 Å². The number of nitrogens with zero attached hydrogens (tertiary/aromatic N) is 3. The van der Waals surface area contributed by atoms with Crippen molar-refractivity contribution in [2.75, 3.05) is 50.2 Å². The fourth-order valence-corrected chi connectivity index (χ4v) is 1.47. The highest BCUT2D eigenvalue weighted by atomic mass is 16.5. The Morgan fingerprint density at radius 2 is 1.67 bits per heavy atom. The third kappa shape index (κ3) is 5.29. The average molecular weight is 254 g/mol. The second kappa shape index (κ2) is 8.66. The van der Waals surface area contributed by atoms with Gasteiger partial charge in [0.05, 0.1) is 25.6 Å². The molecule has 0 saturated heterocycles. The summed E-state index contributed by atoms with van der Waals surface area (Å²) in [6.45, 7) is 8.24. The first-order chi connectivity index (χ1) is 8.77. The highest BCUT2D eigenvalue weighted by Gasteiger charge is 2.08. The normalized spacial score (nSPS) is 10.6. The van der Waals surface area contributed by atoms with Crippen LogP contribution in [0.2, 0.25) is 0 Å². The molecular weight excluding hydrogens is 232 g/mol. The summed E-state index contributed by atoms with van der Waals surface area (Å²) in [5, 5.41) is 0. The SMILES string of the molecule is CCOCCN(CCOCC)c1cnc(N)cn1. The van der Waals surface area contributed by atoms with E-state index in [9.17, 15) is 0 Å². The third-order valence-electron chi connectivity index (χ3n) is 2.40. The summed E-state index contributed by atoms with van der Waals surface area (Å²) < 4.78 is 10.7. The molecule has 0 aliphatic carbocycles. The number of hydrogen-bond donors (Lipinski definition) is 1. The summed E-state index contributed by atoms with van der Waals surface area (Å²) >= 11 is 0. The van der Waals surface area contributed by atoms with Crippen molar-refractivity contribution in [3.8, 4) is 0 Å². The van der Waals surface area contributed by atoms with Crippen molar-refractivity contribution in [3.05, 3.63) is 12.4 Å². The van der Waals surface area contributed by atoms with Gasteiger partial charge in [-0.1, -0.05) is 0 Å². The number of anilines is 2. The molecule has 0 aromatic carbocycles. The zero-order chi connectivity index (χ0) is 13.2. The summed E-state index contributed by atoms with van der Waals surface area (Å²) in [5.74, 6) is 1.22. The lowest BCUT2D eigenvalue weighted by atomic mass is 10.4. The molecule has 0 unspecified atom stereocenters. The Morgan fingerprint density at radius 3 is 2.11 bits per heavy atom. The molecule has 0 radical (unpaired) electrons. The zero-order valence-electron chi connectivity index (χ0n) is 11.1. The number of nitrogens with two attached hydrogens (primary N) is 1. The molecule has 0 spiro atoms. The van der Waals surface area contributed by atoms with Gasteiger partial charge in [0.2, 0.25) is 0 Å². The predicted octanol–water partition coefficient (Wildman–Crippen LogP) is 0.938. The van der Waals surface area contributed by atoms with E-state index in [2.05, 4.69) is 14.9 Å². The fraction of sp³-hybridized carbons (Fsp3) is 0.667. The minimum Gasteiger partial charge on any atom is -0.382 e.